The number of aryl methyl sites for hydroxylation is 2. The molecule has 0 aliphatic heterocycles. The number of benzene rings is 2. The van der Waals surface area contributed by atoms with Gasteiger partial charge in [0.05, 0.1) is 25.1 Å². The third-order valence-electron chi connectivity index (χ3n) is 5.91. The van der Waals surface area contributed by atoms with Crippen molar-refractivity contribution < 1.29 is 18.7 Å². The van der Waals surface area contributed by atoms with E-state index in [9.17, 15) is 9.18 Å². The van der Waals surface area contributed by atoms with Gasteiger partial charge in [0, 0.05) is 23.9 Å². The zero-order valence-corrected chi connectivity index (χ0v) is 20.4. The van der Waals surface area contributed by atoms with Crippen LogP contribution < -0.4 is 14.8 Å². The predicted molar refractivity (Wildman–Crippen MR) is 133 cm³/mol. The summed E-state index contributed by atoms with van der Waals surface area (Å²) in [5.41, 5.74) is 4.79. The van der Waals surface area contributed by atoms with Crippen molar-refractivity contribution in [1.29, 1.82) is 0 Å². The molecule has 2 aromatic carbocycles. The van der Waals surface area contributed by atoms with Gasteiger partial charge in [0.25, 0.3) is 0 Å². The first-order valence-corrected chi connectivity index (χ1v) is 11.6. The fourth-order valence-electron chi connectivity index (χ4n) is 4.14. The van der Waals surface area contributed by atoms with E-state index >= 15 is 0 Å². The van der Waals surface area contributed by atoms with Crippen LogP contribution >= 0.6 is 0 Å². The number of pyridine rings is 1. The second kappa shape index (κ2) is 10.5. The zero-order chi connectivity index (χ0) is 24.9. The third kappa shape index (κ3) is 5.26. The number of carbonyl (C=O) groups excluding carboxylic acids is 1. The number of hydrogen-bond donors (Lipinski definition) is 1. The molecule has 8 heteroatoms. The van der Waals surface area contributed by atoms with Crippen LogP contribution in [-0.4, -0.2) is 34.4 Å². The van der Waals surface area contributed by atoms with Gasteiger partial charge in [-0.25, -0.2) is 9.07 Å². The predicted octanol–water partition coefficient (Wildman–Crippen LogP) is 4.83. The minimum Gasteiger partial charge on any atom is -0.497 e. The van der Waals surface area contributed by atoms with Gasteiger partial charge in [-0.2, -0.15) is 10.1 Å². The molecule has 1 amide bonds. The molecule has 0 bridgehead atoms. The molecule has 0 spiro atoms. The van der Waals surface area contributed by atoms with Gasteiger partial charge in [-0.05, 0) is 68.7 Å². The third-order valence-corrected chi connectivity index (χ3v) is 5.91. The first-order chi connectivity index (χ1) is 16.9. The number of fused-ring (bicyclic) bond motifs is 1. The highest BCUT2D eigenvalue weighted by molar-refractivity contribution is 5.86. The Balaban J connectivity index is 1.57. The van der Waals surface area contributed by atoms with E-state index in [-0.39, 0.29) is 11.7 Å². The van der Waals surface area contributed by atoms with Crippen molar-refractivity contribution >= 4 is 16.9 Å². The lowest BCUT2D eigenvalue weighted by Crippen LogP contribution is -2.23. The summed E-state index contributed by atoms with van der Waals surface area (Å²) in [7, 11) is 1.62. The van der Waals surface area contributed by atoms with Crippen molar-refractivity contribution in [3.63, 3.8) is 0 Å². The normalized spacial score (nSPS) is 11.0. The molecule has 35 heavy (non-hydrogen) atoms. The van der Waals surface area contributed by atoms with E-state index < -0.39 is 0 Å². The van der Waals surface area contributed by atoms with E-state index in [0.29, 0.717) is 43.2 Å². The Morgan fingerprint density at radius 2 is 1.91 bits per heavy atom. The van der Waals surface area contributed by atoms with Gasteiger partial charge in [0.1, 0.15) is 11.6 Å². The van der Waals surface area contributed by atoms with Crippen LogP contribution in [0.4, 0.5) is 4.39 Å². The smallest absolute Gasteiger partial charge is 0.220 e. The Hall–Kier alpha value is -3.94. The number of amides is 1. The molecule has 0 saturated carbocycles. The highest BCUT2D eigenvalue weighted by atomic mass is 19.1. The van der Waals surface area contributed by atoms with Crippen molar-refractivity contribution in [3.05, 3.63) is 76.7 Å². The molecule has 2 aromatic heterocycles. The molecule has 0 unspecified atom stereocenters. The minimum atomic E-state index is -0.345. The standard InChI is InChI=1S/C27H29FN4O3/c1-5-35-27-23(13-14-24(33)29-16-19-9-11-22(34-4)12-10-19)17(2)25-18(3)31-32(26(25)30-27)21-8-6-7-20(28)15-21/h6-12,15H,5,13-14,16H2,1-4H3,(H,29,33). The first-order valence-electron chi connectivity index (χ1n) is 11.6. The lowest BCUT2D eigenvalue weighted by molar-refractivity contribution is -0.121. The highest BCUT2D eigenvalue weighted by Gasteiger charge is 2.21. The van der Waals surface area contributed by atoms with E-state index in [2.05, 4.69) is 10.4 Å². The highest BCUT2D eigenvalue weighted by Crippen LogP contribution is 2.32. The number of hydrogen-bond acceptors (Lipinski definition) is 5. The fraction of sp³-hybridized carbons (Fsp3) is 0.296. The molecule has 1 N–H and O–H groups in total. The number of aromatic nitrogens is 3. The number of rotatable bonds is 9. The number of ether oxygens (including phenoxy) is 2. The van der Waals surface area contributed by atoms with Gasteiger partial charge in [-0.1, -0.05) is 18.2 Å². The quantitative estimate of drug-likeness (QED) is 0.374. The van der Waals surface area contributed by atoms with E-state index in [1.54, 1.807) is 23.9 Å². The average molecular weight is 477 g/mol. The van der Waals surface area contributed by atoms with Gasteiger partial charge >= 0.3 is 0 Å². The maximum Gasteiger partial charge on any atom is 0.220 e. The Morgan fingerprint density at radius 3 is 2.60 bits per heavy atom. The lowest BCUT2D eigenvalue weighted by atomic mass is 10.0. The summed E-state index contributed by atoms with van der Waals surface area (Å²) in [6, 6.07) is 13.8. The molecule has 4 rings (SSSR count). The van der Waals surface area contributed by atoms with Crippen LogP contribution in [0, 0.1) is 19.7 Å². The van der Waals surface area contributed by atoms with Crippen LogP contribution in [0.3, 0.4) is 0 Å². The average Bonchev–Trinajstić information content (AvgIpc) is 3.19. The fourth-order valence-corrected chi connectivity index (χ4v) is 4.14. The summed E-state index contributed by atoms with van der Waals surface area (Å²) in [6.45, 7) is 6.65. The number of halogens is 1. The van der Waals surface area contributed by atoms with Gasteiger partial charge in [-0.15, -0.1) is 0 Å². The van der Waals surface area contributed by atoms with Crippen molar-refractivity contribution in [1.82, 2.24) is 20.1 Å². The van der Waals surface area contributed by atoms with Crippen LogP contribution in [-0.2, 0) is 17.8 Å². The van der Waals surface area contributed by atoms with Crippen LogP contribution in [0.15, 0.2) is 48.5 Å². The summed E-state index contributed by atoms with van der Waals surface area (Å²) in [5, 5.41) is 8.46. The van der Waals surface area contributed by atoms with E-state index in [4.69, 9.17) is 14.5 Å². The van der Waals surface area contributed by atoms with Crippen LogP contribution in [0.5, 0.6) is 11.6 Å². The molecule has 4 aromatic rings. The van der Waals surface area contributed by atoms with E-state index in [1.807, 2.05) is 45.0 Å². The second-order valence-electron chi connectivity index (χ2n) is 8.25. The second-order valence-corrected chi connectivity index (χ2v) is 8.25. The topological polar surface area (TPSA) is 78.3 Å². The molecular weight excluding hydrogens is 447 g/mol. The van der Waals surface area contributed by atoms with Crippen molar-refractivity contribution in [2.24, 2.45) is 0 Å². The van der Waals surface area contributed by atoms with E-state index in [0.717, 1.165) is 33.5 Å². The van der Waals surface area contributed by atoms with Crippen LogP contribution in [0.2, 0.25) is 0 Å². The zero-order valence-electron chi connectivity index (χ0n) is 20.4. The molecule has 0 atom stereocenters. The van der Waals surface area contributed by atoms with Gasteiger partial charge in [0.15, 0.2) is 5.65 Å². The molecule has 2 heterocycles. The molecule has 7 nitrogen and oxygen atoms in total. The van der Waals surface area contributed by atoms with Crippen molar-refractivity contribution in [2.75, 3.05) is 13.7 Å². The largest absolute Gasteiger partial charge is 0.497 e. The Kier molecular flexibility index (Phi) is 7.29. The summed E-state index contributed by atoms with van der Waals surface area (Å²) in [6.07, 6.45) is 0.768. The lowest BCUT2D eigenvalue weighted by Gasteiger charge is -2.14. The van der Waals surface area contributed by atoms with Crippen molar-refractivity contribution in [3.8, 4) is 17.3 Å². The summed E-state index contributed by atoms with van der Waals surface area (Å²) in [5.74, 6) is 0.841. The van der Waals surface area contributed by atoms with Crippen LogP contribution in [0.1, 0.15) is 35.7 Å². The monoisotopic (exact) mass is 476 g/mol. The Morgan fingerprint density at radius 1 is 1.14 bits per heavy atom. The Bertz CT molecular complexity index is 1350. The minimum absolute atomic E-state index is 0.0602. The van der Waals surface area contributed by atoms with Gasteiger partial charge in [-0.3, -0.25) is 4.79 Å². The van der Waals surface area contributed by atoms with Gasteiger partial charge < -0.3 is 14.8 Å². The van der Waals surface area contributed by atoms with Crippen molar-refractivity contribution in [2.45, 2.75) is 40.2 Å². The maximum absolute atomic E-state index is 13.9. The number of nitrogens with one attached hydrogen (secondary N) is 1. The SMILES string of the molecule is CCOc1nc2c(c(C)nn2-c2cccc(F)c2)c(C)c1CCC(=O)NCc1ccc(OC)cc1. The molecule has 0 fully saturated rings. The van der Waals surface area contributed by atoms with Gasteiger partial charge in [0.2, 0.25) is 11.8 Å². The summed E-state index contributed by atoms with van der Waals surface area (Å²) >= 11 is 0. The first kappa shape index (κ1) is 24.2. The summed E-state index contributed by atoms with van der Waals surface area (Å²) < 4.78 is 26.5. The molecule has 0 aliphatic carbocycles. The molecule has 0 radical (unpaired) electrons. The molecular formula is C27H29FN4O3. The molecule has 0 aliphatic rings. The maximum atomic E-state index is 13.9. The molecule has 0 saturated heterocycles. The Labute approximate surface area is 203 Å². The summed E-state index contributed by atoms with van der Waals surface area (Å²) in [4.78, 5) is 17.3. The van der Waals surface area contributed by atoms with E-state index in [1.165, 1.54) is 12.1 Å². The van der Waals surface area contributed by atoms with Crippen LogP contribution in [0.25, 0.3) is 16.7 Å². The molecule has 182 valence electrons. The number of methoxy groups -OCH3 is 1. The number of carbonyl (C=O) groups is 1. The number of nitrogens with zero attached hydrogens (tertiary/aromatic N) is 3.